The summed E-state index contributed by atoms with van der Waals surface area (Å²) in [5, 5.41) is 3.38. The highest BCUT2D eigenvalue weighted by molar-refractivity contribution is 5.77. The van der Waals surface area contributed by atoms with Crippen molar-refractivity contribution in [1.82, 2.24) is 19.8 Å². The molecule has 25 heavy (non-hydrogen) atoms. The van der Waals surface area contributed by atoms with Crippen molar-refractivity contribution in [3.8, 4) is 0 Å². The van der Waals surface area contributed by atoms with Crippen LogP contribution in [0.3, 0.4) is 0 Å². The molecular formula is C19H24N4O2. The number of aromatic nitrogens is 2. The van der Waals surface area contributed by atoms with Gasteiger partial charge < -0.3 is 19.5 Å². The van der Waals surface area contributed by atoms with Crippen molar-refractivity contribution >= 4 is 5.91 Å². The lowest BCUT2D eigenvalue weighted by Crippen LogP contribution is -2.49. The van der Waals surface area contributed by atoms with Crippen LogP contribution in [0.15, 0.2) is 36.7 Å². The number of nitrogens with zero attached hydrogens (tertiary/aromatic N) is 3. The summed E-state index contributed by atoms with van der Waals surface area (Å²) < 4.78 is 7.92. The molecule has 0 saturated carbocycles. The highest BCUT2D eigenvalue weighted by Crippen LogP contribution is 2.31. The number of carbonyl (C=O) groups is 1. The average molecular weight is 340 g/mol. The molecule has 132 valence electrons. The predicted molar refractivity (Wildman–Crippen MR) is 94.0 cm³/mol. The van der Waals surface area contributed by atoms with Crippen molar-refractivity contribution in [3.05, 3.63) is 53.6 Å². The number of hydrogen-bond acceptors (Lipinski definition) is 4. The molecule has 4 rings (SSSR count). The zero-order valence-corrected chi connectivity index (χ0v) is 14.5. The van der Waals surface area contributed by atoms with E-state index in [-0.39, 0.29) is 18.1 Å². The van der Waals surface area contributed by atoms with Crippen molar-refractivity contribution in [1.29, 1.82) is 0 Å². The minimum Gasteiger partial charge on any atom is -0.373 e. The van der Waals surface area contributed by atoms with E-state index < -0.39 is 0 Å². The Balaban J connectivity index is 1.53. The van der Waals surface area contributed by atoms with Gasteiger partial charge in [0.2, 0.25) is 5.91 Å². The second-order valence-corrected chi connectivity index (χ2v) is 6.72. The van der Waals surface area contributed by atoms with E-state index in [9.17, 15) is 4.79 Å². The van der Waals surface area contributed by atoms with Crippen LogP contribution in [0.1, 0.15) is 35.5 Å². The number of nitrogens with one attached hydrogen (secondary N) is 1. The van der Waals surface area contributed by atoms with Gasteiger partial charge in [-0.05, 0) is 17.5 Å². The van der Waals surface area contributed by atoms with Crippen molar-refractivity contribution in [2.24, 2.45) is 7.05 Å². The van der Waals surface area contributed by atoms with Crippen LogP contribution in [0.4, 0.5) is 0 Å². The third kappa shape index (κ3) is 3.19. The van der Waals surface area contributed by atoms with Crippen molar-refractivity contribution in [3.63, 3.8) is 0 Å². The fourth-order valence-corrected chi connectivity index (χ4v) is 3.85. The first-order valence-electron chi connectivity index (χ1n) is 8.91. The minimum atomic E-state index is -0.144. The molecular weight excluding hydrogens is 316 g/mol. The normalized spacial score (nSPS) is 23.3. The molecule has 6 heteroatoms. The molecule has 0 spiro atoms. The monoisotopic (exact) mass is 340 g/mol. The van der Waals surface area contributed by atoms with E-state index in [4.69, 9.17) is 4.74 Å². The topological polar surface area (TPSA) is 59.4 Å². The number of carbonyl (C=O) groups excluding carboxylic acids is 1. The van der Waals surface area contributed by atoms with E-state index in [1.807, 2.05) is 28.8 Å². The van der Waals surface area contributed by atoms with Crippen molar-refractivity contribution in [2.45, 2.75) is 25.0 Å². The Bertz CT molecular complexity index is 757. The van der Waals surface area contributed by atoms with E-state index in [0.717, 1.165) is 30.9 Å². The molecule has 2 aliphatic heterocycles. The molecule has 0 aliphatic carbocycles. The van der Waals surface area contributed by atoms with Crippen LogP contribution in [-0.4, -0.2) is 46.6 Å². The first-order valence-corrected chi connectivity index (χ1v) is 8.91. The van der Waals surface area contributed by atoms with E-state index in [1.54, 1.807) is 6.20 Å². The molecule has 0 bridgehead atoms. The van der Waals surface area contributed by atoms with Crippen LogP contribution in [-0.2, 0) is 23.0 Å². The molecule has 1 fully saturated rings. The third-order valence-corrected chi connectivity index (χ3v) is 5.17. The molecule has 2 unspecified atom stereocenters. The molecule has 1 aromatic heterocycles. The number of benzene rings is 1. The number of hydrogen-bond donors (Lipinski definition) is 1. The van der Waals surface area contributed by atoms with Gasteiger partial charge in [0, 0.05) is 39.1 Å². The Labute approximate surface area is 147 Å². The van der Waals surface area contributed by atoms with Crippen LogP contribution in [0, 0.1) is 0 Å². The van der Waals surface area contributed by atoms with Crippen LogP contribution in [0.25, 0.3) is 0 Å². The summed E-state index contributed by atoms with van der Waals surface area (Å²) in [6, 6.07) is 8.26. The van der Waals surface area contributed by atoms with Crippen LogP contribution in [0.5, 0.6) is 0 Å². The predicted octanol–water partition coefficient (Wildman–Crippen LogP) is 1.60. The Morgan fingerprint density at radius 1 is 1.40 bits per heavy atom. The summed E-state index contributed by atoms with van der Waals surface area (Å²) in [6.07, 6.45) is 4.87. The van der Waals surface area contributed by atoms with Gasteiger partial charge in [0.1, 0.15) is 11.9 Å². The summed E-state index contributed by atoms with van der Waals surface area (Å²) >= 11 is 0. The maximum Gasteiger partial charge on any atom is 0.226 e. The van der Waals surface area contributed by atoms with Gasteiger partial charge in [0.25, 0.3) is 0 Å². The molecule has 6 nitrogen and oxygen atoms in total. The minimum absolute atomic E-state index is 0.0277. The Kier molecular flexibility index (Phi) is 4.55. The number of ether oxygens (including phenoxy) is 1. The molecule has 2 atom stereocenters. The van der Waals surface area contributed by atoms with E-state index in [1.165, 1.54) is 5.56 Å². The molecule has 1 amide bonds. The van der Waals surface area contributed by atoms with Gasteiger partial charge >= 0.3 is 0 Å². The summed E-state index contributed by atoms with van der Waals surface area (Å²) in [5.41, 5.74) is 2.46. The highest BCUT2D eigenvalue weighted by Gasteiger charge is 2.33. The van der Waals surface area contributed by atoms with Crippen LogP contribution < -0.4 is 5.32 Å². The maximum atomic E-state index is 13.1. The quantitative estimate of drug-likeness (QED) is 0.922. The zero-order chi connectivity index (χ0) is 17.2. The largest absolute Gasteiger partial charge is 0.373 e. The molecule has 2 aromatic rings. The SMILES string of the molecule is Cn1ccnc1C1CNCCN1C(=O)CC1OCCc2ccccc21. The standard InChI is InChI=1S/C19H24N4O2/c1-22-9-8-21-19(22)16-13-20-7-10-23(16)18(24)12-17-15-5-3-2-4-14(15)6-11-25-17/h2-5,8-9,16-17,20H,6-7,10-13H2,1H3. The molecule has 1 saturated heterocycles. The molecule has 0 radical (unpaired) electrons. The molecule has 1 N–H and O–H groups in total. The zero-order valence-electron chi connectivity index (χ0n) is 14.5. The van der Waals surface area contributed by atoms with Crippen molar-refractivity contribution in [2.75, 3.05) is 26.2 Å². The lowest BCUT2D eigenvalue weighted by Gasteiger charge is -2.37. The van der Waals surface area contributed by atoms with Gasteiger partial charge in [-0.15, -0.1) is 0 Å². The number of rotatable bonds is 3. The Hall–Kier alpha value is -2.18. The van der Waals surface area contributed by atoms with Gasteiger partial charge in [0.05, 0.1) is 19.1 Å². The summed E-state index contributed by atoms with van der Waals surface area (Å²) in [6.45, 7) is 2.93. The van der Waals surface area contributed by atoms with Gasteiger partial charge in [0.15, 0.2) is 0 Å². The number of aryl methyl sites for hydroxylation is 1. The van der Waals surface area contributed by atoms with Crippen LogP contribution >= 0.6 is 0 Å². The maximum absolute atomic E-state index is 13.1. The lowest BCUT2D eigenvalue weighted by molar-refractivity contribution is -0.138. The Morgan fingerprint density at radius 3 is 3.12 bits per heavy atom. The third-order valence-electron chi connectivity index (χ3n) is 5.17. The average Bonchev–Trinajstić information content (AvgIpc) is 3.08. The summed E-state index contributed by atoms with van der Waals surface area (Å²) in [5.74, 6) is 1.06. The summed E-state index contributed by atoms with van der Waals surface area (Å²) in [4.78, 5) is 19.5. The Morgan fingerprint density at radius 2 is 2.28 bits per heavy atom. The lowest BCUT2D eigenvalue weighted by atomic mass is 9.95. The first kappa shape index (κ1) is 16.3. The fraction of sp³-hybridized carbons (Fsp3) is 0.474. The molecule has 1 aromatic carbocycles. The summed E-state index contributed by atoms with van der Waals surface area (Å²) in [7, 11) is 1.97. The second kappa shape index (κ2) is 6.98. The van der Waals surface area contributed by atoms with E-state index >= 15 is 0 Å². The smallest absolute Gasteiger partial charge is 0.226 e. The first-order chi connectivity index (χ1) is 12.2. The van der Waals surface area contributed by atoms with E-state index in [2.05, 4.69) is 28.5 Å². The van der Waals surface area contributed by atoms with Crippen LogP contribution in [0.2, 0.25) is 0 Å². The molecule has 2 aliphatic rings. The van der Waals surface area contributed by atoms with Gasteiger partial charge in [-0.25, -0.2) is 4.98 Å². The molecule has 3 heterocycles. The fourth-order valence-electron chi connectivity index (χ4n) is 3.85. The van der Waals surface area contributed by atoms with Gasteiger partial charge in [-0.1, -0.05) is 24.3 Å². The number of amides is 1. The second-order valence-electron chi connectivity index (χ2n) is 6.72. The van der Waals surface area contributed by atoms with Gasteiger partial charge in [-0.3, -0.25) is 4.79 Å². The van der Waals surface area contributed by atoms with Crippen molar-refractivity contribution < 1.29 is 9.53 Å². The number of piperazine rings is 1. The number of fused-ring (bicyclic) bond motifs is 1. The highest BCUT2D eigenvalue weighted by atomic mass is 16.5. The number of imidazole rings is 1. The van der Waals surface area contributed by atoms with Gasteiger partial charge in [-0.2, -0.15) is 0 Å². The van der Waals surface area contributed by atoms with E-state index in [0.29, 0.717) is 19.6 Å².